The second-order valence-electron chi connectivity index (χ2n) is 10.2. The Morgan fingerprint density at radius 1 is 0.976 bits per heavy atom. The van der Waals surface area contributed by atoms with Gasteiger partial charge in [0.25, 0.3) is 10.0 Å². The fourth-order valence-electron chi connectivity index (χ4n) is 5.03. The number of carbonyl (C=O) groups is 2. The van der Waals surface area contributed by atoms with Gasteiger partial charge in [-0.15, -0.1) is 0 Å². The number of carbonyl (C=O) groups excluding carboxylic acids is 2. The van der Waals surface area contributed by atoms with Gasteiger partial charge in [-0.25, -0.2) is 8.42 Å². The number of hydrogen-bond donors (Lipinski definition) is 1. The Balaban J connectivity index is 1.75. The predicted molar refractivity (Wildman–Crippen MR) is 162 cm³/mol. The number of anilines is 1. The van der Waals surface area contributed by atoms with Crippen molar-refractivity contribution in [1.82, 2.24) is 10.2 Å². The maximum atomic E-state index is 14.2. The quantitative estimate of drug-likeness (QED) is 0.307. The lowest BCUT2D eigenvalue weighted by atomic mass is 10.1. The lowest BCUT2D eigenvalue weighted by Gasteiger charge is -2.33. The number of ether oxygens (including phenoxy) is 2. The molecule has 1 N–H and O–H groups in total. The van der Waals surface area contributed by atoms with Crippen molar-refractivity contribution in [3.8, 4) is 11.5 Å². The highest BCUT2D eigenvalue weighted by atomic mass is 35.5. The molecule has 0 saturated heterocycles. The molecule has 3 aromatic rings. The summed E-state index contributed by atoms with van der Waals surface area (Å²) in [4.78, 5) is 28.9. The third-order valence-electron chi connectivity index (χ3n) is 7.38. The van der Waals surface area contributed by atoms with Crippen LogP contribution in [0.25, 0.3) is 0 Å². The van der Waals surface area contributed by atoms with Crippen LogP contribution in [0.2, 0.25) is 5.02 Å². The molecule has 11 heteroatoms. The summed E-state index contributed by atoms with van der Waals surface area (Å²) in [6.07, 6.45) is 3.86. The molecule has 9 nitrogen and oxygen atoms in total. The van der Waals surface area contributed by atoms with E-state index in [1.54, 1.807) is 61.5 Å². The minimum Gasteiger partial charge on any atom is -0.497 e. The highest BCUT2D eigenvalue weighted by Crippen LogP contribution is 2.36. The molecule has 0 unspecified atom stereocenters. The van der Waals surface area contributed by atoms with Crippen LogP contribution < -0.4 is 19.1 Å². The van der Waals surface area contributed by atoms with E-state index in [1.807, 2.05) is 0 Å². The SMILES string of the molecule is COc1ccc(OC)c(N(CC(=O)N(Cc2cccc(Cl)c2)[C@@H](C)C(=O)NC2CCCC2)S(=O)(=O)c2ccccc2)c1. The number of methoxy groups -OCH3 is 2. The first kappa shape index (κ1) is 31.2. The Morgan fingerprint density at radius 3 is 2.33 bits per heavy atom. The average Bonchev–Trinajstić information content (AvgIpc) is 3.51. The van der Waals surface area contributed by atoms with Gasteiger partial charge in [0.05, 0.1) is 24.8 Å². The van der Waals surface area contributed by atoms with Gasteiger partial charge in [0.2, 0.25) is 11.8 Å². The van der Waals surface area contributed by atoms with Crippen molar-refractivity contribution in [2.45, 2.75) is 56.1 Å². The fraction of sp³-hybridized carbons (Fsp3) is 0.355. The van der Waals surface area contributed by atoms with E-state index in [4.69, 9.17) is 21.1 Å². The third-order valence-corrected chi connectivity index (χ3v) is 9.38. The number of halogens is 1. The molecule has 0 radical (unpaired) electrons. The molecule has 0 bridgehead atoms. The topological polar surface area (TPSA) is 105 Å². The van der Waals surface area contributed by atoms with Crippen LogP contribution in [0.15, 0.2) is 77.7 Å². The molecule has 0 aromatic heterocycles. The maximum absolute atomic E-state index is 14.2. The first-order valence-corrected chi connectivity index (χ1v) is 15.6. The summed E-state index contributed by atoms with van der Waals surface area (Å²) >= 11 is 6.22. The number of hydrogen-bond acceptors (Lipinski definition) is 6. The second kappa shape index (κ2) is 13.9. The molecule has 1 fully saturated rings. The van der Waals surface area contributed by atoms with Crippen LogP contribution in [0.1, 0.15) is 38.2 Å². The van der Waals surface area contributed by atoms with Crippen LogP contribution in [0.4, 0.5) is 5.69 Å². The molecule has 0 heterocycles. The zero-order chi connectivity index (χ0) is 30.3. The minimum absolute atomic E-state index is 0.00362. The van der Waals surface area contributed by atoms with E-state index in [1.165, 1.54) is 37.3 Å². The molecule has 3 aromatic carbocycles. The Kier molecular flexibility index (Phi) is 10.3. The fourth-order valence-corrected chi connectivity index (χ4v) is 6.68. The second-order valence-corrected chi connectivity index (χ2v) is 12.5. The Morgan fingerprint density at radius 2 is 1.69 bits per heavy atom. The minimum atomic E-state index is -4.26. The van der Waals surface area contributed by atoms with Crippen LogP contribution in [0.3, 0.4) is 0 Å². The summed E-state index contributed by atoms with van der Waals surface area (Å²) in [6.45, 7) is 1.10. The Bertz CT molecular complexity index is 1500. The van der Waals surface area contributed by atoms with Gasteiger partial charge in [-0.1, -0.05) is 54.8 Å². The van der Waals surface area contributed by atoms with Gasteiger partial charge in [0.1, 0.15) is 24.1 Å². The molecule has 1 atom stereocenters. The highest BCUT2D eigenvalue weighted by molar-refractivity contribution is 7.92. The molecular weight excluding hydrogens is 578 g/mol. The van der Waals surface area contributed by atoms with Crippen LogP contribution >= 0.6 is 11.6 Å². The van der Waals surface area contributed by atoms with Gasteiger partial charge >= 0.3 is 0 Å². The van der Waals surface area contributed by atoms with Gasteiger partial charge in [0.15, 0.2) is 0 Å². The predicted octanol–water partition coefficient (Wildman–Crippen LogP) is 5.03. The van der Waals surface area contributed by atoms with Crippen LogP contribution in [0.5, 0.6) is 11.5 Å². The Labute approximate surface area is 252 Å². The summed E-state index contributed by atoms with van der Waals surface area (Å²) in [7, 11) is -1.38. The van der Waals surface area contributed by atoms with Crippen LogP contribution in [-0.2, 0) is 26.2 Å². The molecule has 42 heavy (non-hydrogen) atoms. The number of rotatable bonds is 12. The smallest absolute Gasteiger partial charge is 0.264 e. The molecule has 2 amide bonds. The number of benzene rings is 3. The van der Waals surface area contributed by atoms with Gasteiger partial charge in [-0.2, -0.15) is 0 Å². The zero-order valence-electron chi connectivity index (χ0n) is 24.0. The molecule has 1 saturated carbocycles. The Hall–Kier alpha value is -3.76. The van der Waals surface area contributed by atoms with E-state index in [9.17, 15) is 18.0 Å². The number of sulfonamides is 1. The zero-order valence-corrected chi connectivity index (χ0v) is 25.5. The molecule has 1 aliphatic carbocycles. The average molecular weight is 614 g/mol. The van der Waals surface area contributed by atoms with Crippen molar-refractivity contribution in [2.75, 3.05) is 25.1 Å². The summed E-state index contributed by atoms with van der Waals surface area (Å²) in [6, 6.07) is 18.7. The van der Waals surface area contributed by atoms with Gasteiger partial charge in [0, 0.05) is 23.7 Å². The lowest BCUT2D eigenvalue weighted by molar-refractivity contribution is -0.139. The molecule has 4 rings (SSSR count). The van der Waals surface area contributed by atoms with E-state index < -0.39 is 28.5 Å². The van der Waals surface area contributed by atoms with Crippen molar-refractivity contribution in [2.24, 2.45) is 0 Å². The standard InChI is InChI=1S/C31H36ClN3O6S/c1-22(31(37)33-25-12-7-8-13-25)34(20-23-10-9-11-24(32)18-23)30(36)21-35(42(38,39)27-14-5-4-6-15-27)28-19-26(40-2)16-17-29(28)41-3/h4-6,9-11,14-19,22,25H,7-8,12-13,20-21H2,1-3H3,(H,33,37)/t22-/m0/s1. The van der Waals surface area contributed by atoms with Crippen molar-refractivity contribution >= 4 is 39.1 Å². The highest BCUT2D eigenvalue weighted by Gasteiger charge is 2.34. The first-order valence-electron chi connectivity index (χ1n) is 13.8. The lowest BCUT2D eigenvalue weighted by Crippen LogP contribution is -2.52. The first-order chi connectivity index (χ1) is 20.1. The molecular formula is C31H36ClN3O6S. The molecule has 0 aliphatic heterocycles. The normalized spacial score (nSPS) is 14.2. The van der Waals surface area contributed by atoms with Crippen molar-refractivity contribution in [1.29, 1.82) is 0 Å². The van der Waals surface area contributed by atoms with Gasteiger partial charge in [-0.05, 0) is 61.7 Å². The monoisotopic (exact) mass is 613 g/mol. The van der Waals surface area contributed by atoms with Crippen LogP contribution in [-0.4, -0.2) is 58.0 Å². The van der Waals surface area contributed by atoms with E-state index in [0.29, 0.717) is 16.3 Å². The van der Waals surface area contributed by atoms with Crippen molar-refractivity contribution in [3.63, 3.8) is 0 Å². The molecule has 1 aliphatic rings. The largest absolute Gasteiger partial charge is 0.497 e. The van der Waals surface area contributed by atoms with E-state index in [-0.39, 0.29) is 34.8 Å². The van der Waals surface area contributed by atoms with Crippen LogP contribution in [0, 0.1) is 0 Å². The van der Waals surface area contributed by atoms with Crippen molar-refractivity contribution in [3.05, 3.63) is 83.4 Å². The van der Waals surface area contributed by atoms with Gasteiger partial charge in [-0.3, -0.25) is 13.9 Å². The van der Waals surface area contributed by atoms with E-state index in [0.717, 1.165) is 30.0 Å². The summed E-state index contributed by atoms with van der Waals surface area (Å²) in [5.74, 6) is -0.259. The number of nitrogens with zero attached hydrogens (tertiary/aromatic N) is 2. The number of amides is 2. The van der Waals surface area contributed by atoms with E-state index in [2.05, 4.69) is 5.32 Å². The summed E-state index contributed by atoms with van der Waals surface area (Å²) in [5.41, 5.74) is 0.826. The van der Waals surface area contributed by atoms with E-state index >= 15 is 0 Å². The van der Waals surface area contributed by atoms with Gasteiger partial charge < -0.3 is 19.7 Å². The number of nitrogens with one attached hydrogen (secondary N) is 1. The maximum Gasteiger partial charge on any atom is 0.264 e. The third kappa shape index (κ3) is 7.35. The summed E-state index contributed by atoms with van der Waals surface area (Å²) < 4.78 is 40.0. The summed E-state index contributed by atoms with van der Waals surface area (Å²) in [5, 5.41) is 3.54. The molecule has 224 valence electrons. The van der Waals surface area contributed by atoms with Crippen molar-refractivity contribution < 1.29 is 27.5 Å². The molecule has 0 spiro atoms.